The van der Waals surface area contributed by atoms with Crippen molar-refractivity contribution in [2.75, 3.05) is 13.2 Å². The van der Waals surface area contributed by atoms with Gasteiger partial charge in [0.1, 0.15) is 24.4 Å². The van der Waals surface area contributed by atoms with Crippen LogP contribution in [0, 0.1) is 0 Å². The van der Waals surface area contributed by atoms with Crippen molar-refractivity contribution >= 4 is 5.91 Å². The molecule has 0 aromatic rings. The monoisotopic (exact) mass is 1180 g/mol. The molecular formula is C74H145NO8. The lowest BCUT2D eigenvalue weighted by molar-refractivity contribution is -0.302. The maximum Gasteiger partial charge on any atom is 0.220 e. The number of rotatable bonds is 67. The van der Waals surface area contributed by atoms with Crippen molar-refractivity contribution in [3.05, 3.63) is 12.2 Å². The molecule has 0 aliphatic carbocycles. The minimum Gasteiger partial charge on any atom is -0.394 e. The summed E-state index contributed by atoms with van der Waals surface area (Å²) in [7, 11) is 0. The number of aliphatic hydroxyl groups is 5. The highest BCUT2D eigenvalue weighted by Crippen LogP contribution is 2.24. The largest absolute Gasteiger partial charge is 0.394 e. The molecule has 1 saturated heterocycles. The Morgan fingerprint density at radius 2 is 0.675 bits per heavy atom. The van der Waals surface area contributed by atoms with Crippen LogP contribution in [-0.2, 0) is 14.3 Å². The summed E-state index contributed by atoms with van der Waals surface area (Å²) in [6, 6.07) is -0.716. The van der Waals surface area contributed by atoms with E-state index in [9.17, 15) is 30.3 Å². The van der Waals surface area contributed by atoms with Crippen molar-refractivity contribution < 1.29 is 39.8 Å². The van der Waals surface area contributed by atoms with Gasteiger partial charge in [-0.2, -0.15) is 0 Å². The number of carbonyl (C=O) groups is 1. The molecule has 0 radical (unpaired) electrons. The summed E-state index contributed by atoms with van der Waals surface area (Å²) in [5.74, 6) is -0.134. The third kappa shape index (κ3) is 52.6. The van der Waals surface area contributed by atoms with E-state index in [1.165, 1.54) is 334 Å². The van der Waals surface area contributed by atoms with Gasteiger partial charge in [0.25, 0.3) is 0 Å². The predicted molar refractivity (Wildman–Crippen MR) is 355 cm³/mol. The lowest BCUT2D eigenvalue weighted by atomic mass is 9.99. The van der Waals surface area contributed by atoms with E-state index in [0.717, 1.165) is 38.5 Å². The molecule has 0 aromatic carbocycles. The lowest BCUT2D eigenvalue weighted by Crippen LogP contribution is -2.60. The van der Waals surface area contributed by atoms with Gasteiger partial charge in [-0.25, -0.2) is 0 Å². The molecule has 0 saturated carbocycles. The van der Waals surface area contributed by atoms with E-state index in [1.54, 1.807) is 0 Å². The molecule has 0 spiro atoms. The minimum atomic E-state index is -1.55. The molecule has 9 heteroatoms. The number of amides is 1. The fraction of sp³-hybridized carbons (Fsp3) is 0.959. The zero-order valence-corrected chi connectivity index (χ0v) is 55.5. The molecule has 0 aromatic heterocycles. The van der Waals surface area contributed by atoms with Gasteiger partial charge in [0.2, 0.25) is 5.91 Å². The second kappa shape index (κ2) is 63.9. The van der Waals surface area contributed by atoms with Crippen LogP contribution in [0.4, 0.5) is 0 Å². The van der Waals surface area contributed by atoms with Crippen LogP contribution in [0.5, 0.6) is 0 Å². The van der Waals surface area contributed by atoms with E-state index < -0.39 is 49.5 Å². The molecule has 83 heavy (non-hydrogen) atoms. The highest BCUT2D eigenvalue weighted by molar-refractivity contribution is 5.76. The maximum absolute atomic E-state index is 13.2. The molecular weight excluding hydrogens is 1030 g/mol. The van der Waals surface area contributed by atoms with Crippen LogP contribution in [0.15, 0.2) is 12.2 Å². The zero-order valence-electron chi connectivity index (χ0n) is 55.5. The fourth-order valence-corrected chi connectivity index (χ4v) is 12.5. The van der Waals surface area contributed by atoms with Crippen LogP contribution in [0.3, 0.4) is 0 Å². The van der Waals surface area contributed by atoms with Crippen molar-refractivity contribution in [2.45, 2.75) is 442 Å². The predicted octanol–water partition coefficient (Wildman–Crippen LogP) is 20.7. The van der Waals surface area contributed by atoms with E-state index >= 15 is 0 Å². The van der Waals surface area contributed by atoms with Gasteiger partial charge < -0.3 is 40.3 Å². The van der Waals surface area contributed by atoms with Gasteiger partial charge in [-0.15, -0.1) is 0 Å². The topological polar surface area (TPSA) is 149 Å². The maximum atomic E-state index is 13.2. The molecule has 1 fully saturated rings. The zero-order chi connectivity index (χ0) is 60.0. The number of aliphatic hydroxyl groups excluding tert-OH is 5. The van der Waals surface area contributed by atoms with Gasteiger partial charge in [0.15, 0.2) is 6.29 Å². The van der Waals surface area contributed by atoms with Crippen molar-refractivity contribution in [2.24, 2.45) is 0 Å². The Hall–Kier alpha value is -1.07. The summed E-state index contributed by atoms with van der Waals surface area (Å²) >= 11 is 0. The third-order valence-electron chi connectivity index (χ3n) is 18.4. The van der Waals surface area contributed by atoms with E-state index in [4.69, 9.17) is 9.47 Å². The quantitative estimate of drug-likeness (QED) is 0.0261. The van der Waals surface area contributed by atoms with Gasteiger partial charge in [0.05, 0.1) is 25.4 Å². The van der Waals surface area contributed by atoms with Crippen LogP contribution in [0.1, 0.15) is 399 Å². The number of allylic oxidation sites excluding steroid dienone is 2. The Kier molecular flexibility index (Phi) is 61.6. The third-order valence-corrected chi connectivity index (χ3v) is 18.4. The molecule has 0 bridgehead atoms. The smallest absolute Gasteiger partial charge is 0.220 e. The van der Waals surface area contributed by atoms with E-state index in [0.29, 0.717) is 12.8 Å². The van der Waals surface area contributed by atoms with Crippen molar-refractivity contribution in [3.8, 4) is 0 Å². The summed E-state index contributed by atoms with van der Waals surface area (Å²) in [6.07, 6.45) is 76.0. The Morgan fingerprint density at radius 3 is 0.976 bits per heavy atom. The highest BCUT2D eigenvalue weighted by atomic mass is 16.7. The normalized spacial score (nSPS) is 18.2. The fourth-order valence-electron chi connectivity index (χ4n) is 12.5. The molecule has 1 amide bonds. The van der Waals surface area contributed by atoms with Gasteiger partial charge in [-0.05, 0) is 38.5 Å². The first kappa shape index (κ1) is 79.9. The van der Waals surface area contributed by atoms with Crippen LogP contribution >= 0.6 is 0 Å². The van der Waals surface area contributed by atoms with Gasteiger partial charge >= 0.3 is 0 Å². The first-order valence-corrected chi connectivity index (χ1v) is 37.4. The van der Waals surface area contributed by atoms with Crippen LogP contribution in [0.25, 0.3) is 0 Å². The molecule has 1 heterocycles. The number of hydrogen-bond donors (Lipinski definition) is 6. The summed E-state index contributed by atoms with van der Waals surface area (Å²) in [4.78, 5) is 13.2. The molecule has 1 aliphatic rings. The number of carbonyl (C=O) groups excluding carboxylic acids is 1. The molecule has 6 N–H and O–H groups in total. The van der Waals surface area contributed by atoms with E-state index in [1.807, 2.05) is 0 Å². The molecule has 7 unspecified atom stereocenters. The number of hydrogen-bond acceptors (Lipinski definition) is 8. The molecule has 7 atom stereocenters. The average molecular weight is 1180 g/mol. The summed E-state index contributed by atoms with van der Waals surface area (Å²) in [5, 5.41) is 54.9. The number of nitrogens with one attached hydrogen (secondary N) is 1. The summed E-state index contributed by atoms with van der Waals surface area (Å²) < 4.78 is 11.4. The van der Waals surface area contributed by atoms with E-state index in [2.05, 4.69) is 31.3 Å². The molecule has 1 rings (SSSR count). The van der Waals surface area contributed by atoms with Crippen LogP contribution < -0.4 is 5.32 Å². The van der Waals surface area contributed by atoms with Gasteiger partial charge in [0, 0.05) is 6.42 Å². The second-order valence-electron chi connectivity index (χ2n) is 26.5. The van der Waals surface area contributed by atoms with Crippen molar-refractivity contribution in [1.29, 1.82) is 0 Å². The number of ether oxygens (including phenoxy) is 2. The SMILES string of the molecule is CCCCCCCCCC/C=C\CCCCCCCCCCCCCCCCCCCCCCCCCCCCCC(=O)NC(COC1OC(CO)C(O)C(O)C1O)C(O)CCCCCCCCCCCCCCCCCCCCCCC. The van der Waals surface area contributed by atoms with Gasteiger partial charge in [-0.1, -0.05) is 366 Å². The molecule has 494 valence electrons. The van der Waals surface area contributed by atoms with E-state index in [-0.39, 0.29) is 12.5 Å². The first-order valence-electron chi connectivity index (χ1n) is 37.4. The summed E-state index contributed by atoms with van der Waals surface area (Å²) in [5.41, 5.74) is 0. The van der Waals surface area contributed by atoms with Gasteiger partial charge in [-0.3, -0.25) is 4.79 Å². The molecule has 9 nitrogen and oxygen atoms in total. The van der Waals surface area contributed by atoms with Crippen LogP contribution in [-0.4, -0.2) is 87.5 Å². The number of unbranched alkanes of at least 4 members (excludes halogenated alkanes) is 55. The standard InChI is InChI=1S/C74H145NO8/c1-3-5-7-9-11-13-15-17-19-21-23-25-26-27-28-29-30-31-32-33-34-35-36-37-38-39-40-41-42-44-46-48-50-52-54-56-58-60-62-64-70(78)75-67(66-82-74-73(81)72(80)71(79)69(65-76)83-74)68(77)63-61-59-57-55-53-51-49-47-45-43-24-22-20-18-16-14-12-10-8-6-4-2/h21,23,67-69,71-74,76-77,79-81H,3-20,22,24-66H2,1-2H3,(H,75,78)/b23-21-. The lowest BCUT2D eigenvalue weighted by Gasteiger charge is -2.40. The Morgan fingerprint density at radius 1 is 0.398 bits per heavy atom. The Balaban J connectivity index is 2.02. The summed E-state index contributed by atoms with van der Waals surface area (Å²) in [6.45, 7) is 3.90. The Labute approximate surface area is 516 Å². The van der Waals surface area contributed by atoms with Crippen molar-refractivity contribution in [1.82, 2.24) is 5.32 Å². The van der Waals surface area contributed by atoms with Crippen molar-refractivity contribution in [3.63, 3.8) is 0 Å². The molecule has 1 aliphatic heterocycles. The second-order valence-corrected chi connectivity index (χ2v) is 26.5. The highest BCUT2D eigenvalue weighted by Gasteiger charge is 2.44. The minimum absolute atomic E-state index is 0.131. The van der Waals surface area contributed by atoms with Crippen LogP contribution in [0.2, 0.25) is 0 Å². The Bertz CT molecular complexity index is 1320. The first-order chi connectivity index (χ1) is 40.8. The average Bonchev–Trinajstić information content (AvgIpc) is 3.60.